The molecule has 25 heavy (non-hydrogen) atoms. The van der Waals surface area contributed by atoms with E-state index in [1.54, 1.807) is 17.9 Å². The second kappa shape index (κ2) is 6.43. The molecule has 5 nitrogen and oxygen atoms in total. The van der Waals surface area contributed by atoms with E-state index in [2.05, 4.69) is 15.4 Å². The number of rotatable bonds is 3. The highest BCUT2D eigenvalue weighted by Crippen LogP contribution is 2.37. The molecule has 1 aliphatic rings. The van der Waals surface area contributed by atoms with Gasteiger partial charge in [0, 0.05) is 16.8 Å². The van der Waals surface area contributed by atoms with Gasteiger partial charge in [0.25, 0.3) is 0 Å². The van der Waals surface area contributed by atoms with Gasteiger partial charge in [-0.15, -0.1) is 0 Å². The van der Waals surface area contributed by atoms with E-state index in [-0.39, 0.29) is 6.04 Å². The lowest BCUT2D eigenvalue weighted by Crippen LogP contribution is -2.20. The number of fused-ring (bicyclic) bond motifs is 1. The molecule has 0 bridgehead atoms. The molecule has 0 unspecified atom stereocenters. The van der Waals surface area contributed by atoms with Crippen LogP contribution in [0.25, 0.3) is 5.70 Å². The van der Waals surface area contributed by atoms with Crippen molar-refractivity contribution in [1.29, 1.82) is 0 Å². The zero-order valence-electron chi connectivity index (χ0n) is 13.3. The Balaban J connectivity index is 1.85. The first kappa shape index (κ1) is 16.0. The third-order valence-electron chi connectivity index (χ3n) is 4.09. The van der Waals surface area contributed by atoms with Crippen LogP contribution in [0.4, 0.5) is 5.95 Å². The summed E-state index contributed by atoms with van der Waals surface area (Å²) in [4.78, 5) is 4.30. The minimum Gasteiger partial charge on any atom is -0.497 e. The number of nitrogens with one attached hydrogen (secondary N) is 1. The van der Waals surface area contributed by atoms with Crippen LogP contribution >= 0.6 is 23.2 Å². The van der Waals surface area contributed by atoms with Crippen LogP contribution in [0.5, 0.6) is 5.75 Å². The maximum atomic E-state index is 6.44. The van der Waals surface area contributed by atoms with Crippen molar-refractivity contribution in [2.24, 2.45) is 0 Å². The number of aromatic nitrogens is 3. The van der Waals surface area contributed by atoms with Crippen molar-refractivity contribution in [2.45, 2.75) is 6.04 Å². The fourth-order valence-corrected chi connectivity index (χ4v) is 3.28. The lowest BCUT2D eigenvalue weighted by Gasteiger charge is -2.25. The van der Waals surface area contributed by atoms with Gasteiger partial charge in [-0.1, -0.05) is 47.5 Å². The Morgan fingerprint density at radius 3 is 2.84 bits per heavy atom. The van der Waals surface area contributed by atoms with Crippen LogP contribution in [0, 0.1) is 0 Å². The Bertz CT molecular complexity index is 967. The number of hydrogen-bond donors (Lipinski definition) is 1. The van der Waals surface area contributed by atoms with E-state index in [0.717, 1.165) is 22.6 Å². The Hall–Kier alpha value is -2.50. The van der Waals surface area contributed by atoms with Crippen molar-refractivity contribution >= 4 is 34.8 Å². The molecule has 0 fully saturated rings. The highest BCUT2D eigenvalue weighted by atomic mass is 35.5. The van der Waals surface area contributed by atoms with Crippen molar-refractivity contribution in [3.05, 3.63) is 76.0 Å². The number of ether oxygens (including phenoxy) is 1. The van der Waals surface area contributed by atoms with Gasteiger partial charge in [-0.25, -0.2) is 4.68 Å². The van der Waals surface area contributed by atoms with Crippen LogP contribution in [-0.2, 0) is 0 Å². The first-order valence-corrected chi connectivity index (χ1v) is 8.39. The fourth-order valence-electron chi connectivity index (χ4n) is 2.86. The van der Waals surface area contributed by atoms with Crippen LogP contribution in [-0.4, -0.2) is 21.9 Å². The monoisotopic (exact) mass is 372 g/mol. The highest BCUT2D eigenvalue weighted by molar-refractivity contribution is 6.42. The van der Waals surface area contributed by atoms with E-state index in [0.29, 0.717) is 16.0 Å². The molecule has 0 spiro atoms. The van der Waals surface area contributed by atoms with E-state index in [4.69, 9.17) is 27.9 Å². The molecule has 1 aromatic heterocycles. The molecule has 0 amide bonds. The first-order valence-electron chi connectivity index (χ1n) is 7.64. The standard InChI is InChI=1S/C18H14Cl2N4O/c1-25-12-5-2-4-11(8-12)15-9-16(24-18(23-15)21-10-22-24)13-6-3-7-14(19)17(13)20/h2-10,16H,1H3,(H,21,22,23)/t16-/m1/s1. The SMILES string of the molecule is COc1cccc(C2=C[C@H](c3cccc(Cl)c3Cl)n3ncnc3N2)c1. The number of nitrogens with zero attached hydrogens (tertiary/aromatic N) is 3. The van der Waals surface area contributed by atoms with E-state index in [9.17, 15) is 0 Å². The second-order valence-electron chi connectivity index (χ2n) is 5.55. The number of allylic oxidation sites excluding steroid dienone is 1. The van der Waals surface area contributed by atoms with Gasteiger partial charge in [-0.2, -0.15) is 10.1 Å². The van der Waals surface area contributed by atoms with Gasteiger partial charge in [-0.05, 0) is 24.3 Å². The number of anilines is 1. The summed E-state index contributed by atoms with van der Waals surface area (Å²) in [6.45, 7) is 0. The Kier molecular flexibility index (Phi) is 4.11. The minimum atomic E-state index is -0.217. The molecule has 3 aromatic rings. The van der Waals surface area contributed by atoms with Gasteiger partial charge in [-0.3, -0.25) is 0 Å². The average Bonchev–Trinajstić information content (AvgIpc) is 3.12. The molecule has 7 heteroatoms. The van der Waals surface area contributed by atoms with Gasteiger partial charge < -0.3 is 10.1 Å². The summed E-state index contributed by atoms with van der Waals surface area (Å²) in [6.07, 6.45) is 3.56. The highest BCUT2D eigenvalue weighted by Gasteiger charge is 2.25. The molecule has 0 radical (unpaired) electrons. The minimum absolute atomic E-state index is 0.217. The quantitative estimate of drug-likeness (QED) is 0.726. The number of methoxy groups -OCH3 is 1. The molecule has 2 heterocycles. The molecule has 2 aromatic carbocycles. The molecular weight excluding hydrogens is 359 g/mol. The molecule has 126 valence electrons. The summed E-state index contributed by atoms with van der Waals surface area (Å²) in [5.74, 6) is 1.42. The van der Waals surface area contributed by atoms with Crippen molar-refractivity contribution < 1.29 is 4.74 Å². The van der Waals surface area contributed by atoms with Gasteiger partial charge >= 0.3 is 0 Å². The average molecular weight is 373 g/mol. The van der Waals surface area contributed by atoms with Crippen LogP contribution in [0.15, 0.2) is 54.9 Å². The van der Waals surface area contributed by atoms with Crippen LogP contribution in [0.3, 0.4) is 0 Å². The first-order chi connectivity index (χ1) is 12.2. The normalized spacial score (nSPS) is 16.0. The zero-order valence-corrected chi connectivity index (χ0v) is 14.8. The zero-order chi connectivity index (χ0) is 17.4. The summed E-state index contributed by atoms with van der Waals surface area (Å²) in [6, 6.07) is 13.2. The van der Waals surface area contributed by atoms with Crippen molar-refractivity contribution in [2.75, 3.05) is 12.4 Å². The Morgan fingerprint density at radius 2 is 2.00 bits per heavy atom. The summed E-state index contributed by atoms with van der Waals surface area (Å²) >= 11 is 12.6. The van der Waals surface area contributed by atoms with Crippen molar-refractivity contribution in [1.82, 2.24) is 14.8 Å². The lowest BCUT2D eigenvalue weighted by atomic mass is 10.0. The molecule has 1 atom stereocenters. The van der Waals surface area contributed by atoms with Crippen molar-refractivity contribution in [3.63, 3.8) is 0 Å². The largest absolute Gasteiger partial charge is 0.497 e. The van der Waals surface area contributed by atoms with E-state index in [1.807, 2.05) is 42.5 Å². The number of halogens is 2. The summed E-state index contributed by atoms with van der Waals surface area (Å²) in [7, 11) is 1.65. The molecule has 4 rings (SSSR count). The van der Waals surface area contributed by atoms with Gasteiger partial charge in [0.1, 0.15) is 18.1 Å². The lowest BCUT2D eigenvalue weighted by molar-refractivity contribution is 0.414. The topological polar surface area (TPSA) is 52.0 Å². The van der Waals surface area contributed by atoms with E-state index in [1.165, 1.54) is 6.33 Å². The predicted molar refractivity (Wildman–Crippen MR) is 99.2 cm³/mol. The van der Waals surface area contributed by atoms with Crippen LogP contribution in [0.2, 0.25) is 10.0 Å². The molecule has 1 N–H and O–H groups in total. The maximum Gasteiger partial charge on any atom is 0.226 e. The van der Waals surface area contributed by atoms with E-state index < -0.39 is 0 Å². The maximum absolute atomic E-state index is 6.44. The summed E-state index contributed by atoms with van der Waals surface area (Å²) in [5.41, 5.74) is 2.75. The van der Waals surface area contributed by atoms with E-state index >= 15 is 0 Å². The van der Waals surface area contributed by atoms with Gasteiger partial charge in [0.15, 0.2) is 0 Å². The second-order valence-corrected chi connectivity index (χ2v) is 6.34. The van der Waals surface area contributed by atoms with Crippen molar-refractivity contribution in [3.8, 4) is 5.75 Å². The molecular formula is C18H14Cl2N4O. The molecule has 1 aliphatic heterocycles. The third-order valence-corrected chi connectivity index (χ3v) is 4.92. The molecule has 0 saturated carbocycles. The summed E-state index contributed by atoms with van der Waals surface area (Å²) in [5, 5.41) is 8.64. The number of hydrogen-bond acceptors (Lipinski definition) is 4. The summed E-state index contributed by atoms with van der Waals surface area (Å²) < 4.78 is 7.10. The van der Waals surface area contributed by atoms with Gasteiger partial charge in [0.05, 0.1) is 17.2 Å². The van der Waals surface area contributed by atoms with Crippen LogP contribution in [0.1, 0.15) is 17.2 Å². The van der Waals surface area contributed by atoms with Crippen LogP contribution < -0.4 is 10.1 Å². The Morgan fingerprint density at radius 1 is 1.16 bits per heavy atom. The molecule has 0 saturated heterocycles. The molecule has 0 aliphatic carbocycles. The smallest absolute Gasteiger partial charge is 0.226 e. The third kappa shape index (κ3) is 2.86. The Labute approximate surface area is 154 Å². The fraction of sp³-hybridized carbons (Fsp3) is 0.111. The van der Waals surface area contributed by atoms with Gasteiger partial charge in [0.2, 0.25) is 5.95 Å². The number of benzene rings is 2. The predicted octanol–water partition coefficient (Wildman–Crippen LogP) is 4.65.